The zero-order valence-corrected chi connectivity index (χ0v) is 14.5. The Morgan fingerprint density at radius 1 is 1.08 bits per heavy atom. The van der Waals surface area contributed by atoms with E-state index in [-0.39, 0.29) is 17.9 Å². The van der Waals surface area contributed by atoms with E-state index in [2.05, 4.69) is 10.6 Å². The van der Waals surface area contributed by atoms with Crippen LogP contribution in [0.4, 0.5) is 5.69 Å². The number of hydrogen-bond acceptors (Lipinski definition) is 4. The lowest BCUT2D eigenvalue weighted by atomic mass is 10.0. The third-order valence-electron chi connectivity index (χ3n) is 3.68. The van der Waals surface area contributed by atoms with Crippen molar-refractivity contribution in [2.75, 3.05) is 12.4 Å². The Morgan fingerprint density at radius 2 is 1.73 bits per heavy atom. The molecule has 0 saturated carbocycles. The highest BCUT2D eigenvalue weighted by Gasteiger charge is 2.22. The fraction of sp³-hybridized carbons (Fsp3) is 0.211. The number of benzene rings is 2. The average molecular weight is 356 g/mol. The normalized spacial score (nSPS) is 11.3. The summed E-state index contributed by atoms with van der Waals surface area (Å²) in [5.74, 6) is -1.38. The molecule has 2 amide bonds. The van der Waals surface area contributed by atoms with Gasteiger partial charge in [-0.3, -0.25) is 9.59 Å². The van der Waals surface area contributed by atoms with E-state index in [1.807, 2.05) is 0 Å². The van der Waals surface area contributed by atoms with Crippen molar-refractivity contribution in [1.29, 1.82) is 0 Å². The maximum atomic E-state index is 12.5. The predicted octanol–water partition coefficient (Wildman–Crippen LogP) is 2.08. The molecular formula is C19H20N2O5. The van der Waals surface area contributed by atoms with Crippen LogP contribution in [-0.4, -0.2) is 36.0 Å². The van der Waals surface area contributed by atoms with Crippen LogP contribution in [0.3, 0.4) is 0 Å². The number of amides is 2. The average Bonchev–Trinajstić information content (AvgIpc) is 2.61. The van der Waals surface area contributed by atoms with E-state index in [0.717, 1.165) is 5.56 Å². The minimum atomic E-state index is -1.15. The number of carboxylic acid groups (broad SMARTS) is 1. The van der Waals surface area contributed by atoms with Crippen LogP contribution in [0.2, 0.25) is 0 Å². The minimum absolute atomic E-state index is 0.118. The number of rotatable bonds is 7. The second-order valence-corrected chi connectivity index (χ2v) is 5.64. The lowest BCUT2D eigenvalue weighted by Crippen LogP contribution is -2.42. The summed E-state index contributed by atoms with van der Waals surface area (Å²) in [6, 6.07) is 12.2. The summed E-state index contributed by atoms with van der Waals surface area (Å²) in [7, 11) is 1.54. The van der Waals surface area contributed by atoms with Crippen LogP contribution in [-0.2, 0) is 16.0 Å². The Labute approximate surface area is 151 Å². The zero-order valence-electron chi connectivity index (χ0n) is 14.5. The molecule has 1 atom stereocenters. The molecule has 0 radical (unpaired) electrons. The molecule has 0 unspecified atom stereocenters. The van der Waals surface area contributed by atoms with E-state index < -0.39 is 17.9 Å². The van der Waals surface area contributed by atoms with Crippen LogP contribution in [0.15, 0.2) is 48.5 Å². The van der Waals surface area contributed by atoms with Gasteiger partial charge in [-0.25, -0.2) is 4.79 Å². The summed E-state index contributed by atoms with van der Waals surface area (Å²) >= 11 is 0. The smallest absolute Gasteiger partial charge is 0.326 e. The Kier molecular flexibility index (Phi) is 6.32. The Bertz CT molecular complexity index is 802. The molecule has 0 bridgehead atoms. The van der Waals surface area contributed by atoms with Crippen LogP contribution in [0, 0.1) is 0 Å². The Hall–Kier alpha value is -3.35. The molecule has 0 heterocycles. The molecule has 7 heteroatoms. The number of hydrogen-bond donors (Lipinski definition) is 3. The first-order valence-electron chi connectivity index (χ1n) is 7.94. The summed E-state index contributed by atoms with van der Waals surface area (Å²) in [5.41, 5.74) is 1.27. The summed E-state index contributed by atoms with van der Waals surface area (Å²) in [6.45, 7) is 1.33. The van der Waals surface area contributed by atoms with E-state index >= 15 is 0 Å². The van der Waals surface area contributed by atoms with Crippen LogP contribution >= 0.6 is 0 Å². The van der Waals surface area contributed by atoms with E-state index in [4.69, 9.17) is 4.74 Å². The summed E-state index contributed by atoms with van der Waals surface area (Å²) < 4.78 is 5.07. The maximum absolute atomic E-state index is 12.5. The van der Waals surface area contributed by atoms with Gasteiger partial charge in [-0.2, -0.15) is 0 Å². The van der Waals surface area contributed by atoms with Gasteiger partial charge >= 0.3 is 5.97 Å². The first-order valence-corrected chi connectivity index (χ1v) is 7.94. The summed E-state index contributed by atoms with van der Waals surface area (Å²) in [4.78, 5) is 35.3. The molecular weight excluding hydrogens is 336 g/mol. The van der Waals surface area contributed by atoms with E-state index in [1.54, 1.807) is 49.6 Å². The standard InChI is InChI=1S/C19H20N2O5/c1-12(22)20-16-6-4-3-5-15(16)18(23)21-17(19(24)25)11-13-7-9-14(26-2)10-8-13/h3-10,17H,11H2,1-2H3,(H,20,22)(H,21,23)(H,24,25)/t17-/m1/s1. The molecule has 0 saturated heterocycles. The molecule has 0 aliphatic heterocycles. The van der Waals surface area contributed by atoms with Crippen LogP contribution in [0.5, 0.6) is 5.75 Å². The van der Waals surface area contributed by atoms with Gasteiger partial charge in [0.15, 0.2) is 0 Å². The van der Waals surface area contributed by atoms with Gasteiger partial charge in [0.05, 0.1) is 18.4 Å². The molecule has 2 aromatic carbocycles. The number of ether oxygens (including phenoxy) is 1. The fourth-order valence-electron chi connectivity index (χ4n) is 2.41. The van der Waals surface area contributed by atoms with Crippen LogP contribution in [0.25, 0.3) is 0 Å². The topological polar surface area (TPSA) is 105 Å². The van der Waals surface area contributed by atoms with Crippen molar-refractivity contribution in [2.24, 2.45) is 0 Å². The van der Waals surface area contributed by atoms with Gasteiger partial charge in [-0.15, -0.1) is 0 Å². The van der Waals surface area contributed by atoms with Crippen molar-refractivity contribution in [3.63, 3.8) is 0 Å². The molecule has 7 nitrogen and oxygen atoms in total. The van der Waals surface area contributed by atoms with Crippen molar-refractivity contribution < 1.29 is 24.2 Å². The second kappa shape index (κ2) is 8.66. The highest BCUT2D eigenvalue weighted by Crippen LogP contribution is 2.16. The van der Waals surface area contributed by atoms with Crippen molar-refractivity contribution >= 4 is 23.5 Å². The number of carbonyl (C=O) groups excluding carboxylic acids is 2. The largest absolute Gasteiger partial charge is 0.497 e. The van der Waals surface area contributed by atoms with Gasteiger partial charge in [0, 0.05) is 13.3 Å². The van der Waals surface area contributed by atoms with Gasteiger partial charge in [0.25, 0.3) is 5.91 Å². The van der Waals surface area contributed by atoms with Gasteiger partial charge in [-0.05, 0) is 29.8 Å². The van der Waals surface area contributed by atoms with Gasteiger partial charge in [-0.1, -0.05) is 24.3 Å². The van der Waals surface area contributed by atoms with E-state index in [9.17, 15) is 19.5 Å². The molecule has 0 aromatic heterocycles. The molecule has 2 rings (SSSR count). The van der Waals surface area contributed by atoms with Crippen molar-refractivity contribution in [2.45, 2.75) is 19.4 Å². The van der Waals surface area contributed by atoms with Crippen molar-refractivity contribution in [3.05, 3.63) is 59.7 Å². The quantitative estimate of drug-likeness (QED) is 0.704. The fourth-order valence-corrected chi connectivity index (χ4v) is 2.41. The minimum Gasteiger partial charge on any atom is -0.497 e. The Balaban J connectivity index is 2.15. The third-order valence-corrected chi connectivity index (χ3v) is 3.68. The molecule has 3 N–H and O–H groups in total. The van der Waals surface area contributed by atoms with E-state index in [1.165, 1.54) is 13.0 Å². The van der Waals surface area contributed by atoms with Crippen LogP contribution < -0.4 is 15.4 Å². The molecule has 0 spiro atoms. The zero-order chi connectivity index (χ0) is 19.1. The number of para-hydroxylation sites is 1. The number of carbonyl (C=O) groups is 3. The van der Waals surface area contributed by atoms with Gasteiger partial charge in [0.2, 0.25) is 5.91 Å². The number of nitrogens with one attached hydrogen (secondary N) is 2. The number of aliphatic carboxylic acids is 1. The highest BCUT2D eigenvalue weighted by atomic mass is 16.5. The molecule has 2 aromatic rings. The first kappa shape index (κ1) is 19.0. The van der Waals surface area contributed by atoms with Gasteiger partial charge in [0.1, 0.15) is 11.8 Å². The predicted molar refractivity (Wildman–Crippen MR) is 96.3 cm³/mol. The van der Waals surface area contributed by atoms with Crippen molar-refractivity contribution in [3.8, 4) is 5.75 Å². The number of carboxylic acids is 1. The van der Waals surface area contributed by atoms with Gasteiger partial charge < -0.3 is 20.5 Å². The van der Waals surface area contributed by atoms with E-state index in [0.29, 0.717) is 11.4 Å². The number of methoxy groups -OCH3 is 1. The third kappa shape index (κ3) is 5.07. The molecule has 136 valence electrons. The number of anilines is 1. The lowest BCUT2D eigenvalue weighted by Gasteiger charge is -2.16. The first-order chi connectivity index (χ1) is 12.4. The molecule has 0 fully saturated rings. The van der Waals surface area contributed by atoms with Crippen molar-refractivity contribution in [1.82, 2.24) is 5.32 Å². The highest BCUT2D eigenvalue weighted by molar-refractivity contribution is 6.04. The summed E-state index contributed by atoms with van der Waals surface area (Å²) in [6.07, 6.45) is 0.118. The SMILES string of the molecule is COc1ccc(C[C@@H](NC(=O)c2ccccc2NC(C)=O)C(=O)O)cc1. The lowest BCUT2D eigenvalue weighted by molar-refractivity contribution is -0.139. The monoisotopic (exact) mass is 356 g/mol. The molecule has 26 heavy (non-hydrogen) atoms. The summed E-state index contributed by atoms with van der Waals surface area (Å²) in [5, 5.41) is 14.5. The Morgan fingerprint density at radius 3 is 2.31 bits per heavy atom. The maximum Gasteiger partial charge on any atom is 0.326 e. The second-order valence-electron chi connectivity index (χ2n) is 5.64. The molecule has 0 aliphatic carbocycles. The van der Waals surface area contributed by atoms with Crippen LogP contribution in [0.1, 0.15) is 22.8 Å². The molecule has 0 aliphatic rings.